The molecule has 1 atom stereocenters. The van der Waals surface area contributed by atoms with E-state index in [0.717, 1.165) is 10.4 Å². The summed E-state index contributed by atoms with van der Waals surface area (Å²) < 4.78 is 0. The van der Waals surface area contributed by atoms with Crippen molar-refractivity contribution in [3.63, 3.8) is 0 Å². The molecule has 0 saturated heterocycles. The predicted octanol–water partition coefficient (Wildman–Crippen LogP) is 1.20. The molecule has 0 radical (unpaired) electrons. The number of nitrogens with one attached hydrogen (secondary N) is 2. The summed E-state index contributed by atoms with van der Waals surface area (Å²) in [5.41, 5.74) is 1.37. The highest BCUT2D eigenvalue weighted by Crippen LogP contribution is 2.10. The standard InChI is InChI=1S/C17H17N7O2/c1-12(13-6-3-2-4-7-13)19-15(25)11-24-22-17(21-23-24)20-16(26)14-8-5-9-18-10-14/h2-10,12H,11H2,1H3,(H,19,25)(H,20,22,26). The van der Waals surface area contributed by atoms with Gasteiger partial charge < -0.3 is 5.32 Å². The zero-order valence-corrected chi connectivity index (χ0v) is 14.0. The number of amides is 2. The molecule has 1 aromatic carbocycles. The molecule has 3 rings (SSSR count). The topological polar surface area (TPSA) is 115 Å². The lowest BCUT2D eigenvalue weighted by atomic mass is 10.1. The van der Waals surface area contributed by atoms with Crippen LogP contribution >= 0.6 is 0 Å². The van der Waals surface area contributed by atoms with Crippen LogP contribution in [0.1, 0.15) is 28.9 Å². The van der Waals surface area contributed by atoms with Crippen LogP contribution in [0.3, 0.4) is 0 Å². The number of benzene rings is 1. The Bertz CT molecular complexity index is 880. The lowest BCUT2D eigenvalue weighted by molar-refractivity contribution is -0.122. The average molecular weight is 351 g/mol. The van der Waals surface area contributed by atoms with Gasteiger partial charge in [0.25, 0.3) is 11.9 Å². The van der Waals surface area contributed by atoms with Crippen molar-refractivity contribution in [3.05, 3.63) is 66.0 Å². The van der Waals surface area contributed by atoms with E-state index in [2.05, 4.69) is 31.0 Å². The first-order chi connectivity index (χ1) is 12.6. The van der Waals surface area contributed by atoms with Gasteiger partial charge in [-0.25, -0.2) is 0 Å². The Morgan fingerprint density at radius 1 is 1.15 bits per heavy atom. The molecule has 2 aromatic heterocycles. The third-order valence-electron chi connectivity index (χ3n) is 3.56. The molecule has 132 valence electrons. The molecule has 2 amide bonds. The fraction of sp³-hybridized carbons (Fsp3) is 0.176. The van der Waals surface area contributed by atoms with Crippen molar-refractivity contribution in [1.82, 2.24) is 30.5 Å². The van der Waals surface area contributed by atoms with E-state index >= 15 is 0 Å². The molecule has 0 bridgehead atoms. The summed E-state index contributed by atoms with van der Waals surface area (Å²) in [5, 5.41) is 16.8. The maximum absolute atomic E-state index is 12.1. The van der Waals surface area contributed by atoms with E-state index in [1.54, 1.807) is 18.3 Å². The van der Waals surface area contributed by atoms with E-state index in [-0.39, 0.29) is 24.4 Å². The van der Waals surface area contributed by atoms with Gasteiger partial charge in [0.15, 0.2) is 0 Å². The first-order valence-corrected chi connectivity index (χ1v) is 7.95. The lowest BCUT2D eigenvalue weighted by Crippen LogP contribution is -2.30. The van der Waals surface area contributed by atoms with E-state index in [1.165, 1.54) is 6.20 Å². The molecule has 0 aliphatic carbocycles. The van der Waals surface area contributed by atoms with Gasteiger partial charge in [-0.05, 0) is 29.8 Å². The molecule has 2 heterocycles. The summed E-state index contributed by atoms with van der Waals surface area (Å²) in [6, 6.07) is 12.7. The van der Waals surface area contributed by atoms with Gasteiger partial charge in [0, 0.05) is 12.4 Å². The Hall–Kier alpha value is -3.62. The molecule has 0 saturated carbocycles. The fourth-order valence-corrected chi connectivity index (χ4v) is 2.27. The van der Waals surface area contributed by atoms with Gasteiger partial charge in [0.05, 0.1) is 11.6 Å². The molecule has 3 aromatic rings. The van der Waals surface area contributed by atoms with E-state index in [4.69, 9.17) is 0 Å². The fourth-order valence-electron chi connectivity index (χ4n) is 2.27. The van der Waals surface area contributed by atoms with Crippen molar-refractivity contribution >= 4 is 17.8 Å². The van der Waals surface area contributed by atoms with Crippen molar-refractivity contribution in [2.75, 3.05) is 5.32 Å². The van der Waals surface area contributed by atoms with Crippen LogP contribution in [-0.2, 0) is 11.3 Å². The van der Waals surface area contributed by atoms with Gasteiger partial charge in [0.1, 0.15) is 6.54 Å². The van der Waals surface area contributed by atoms with Gasteiger partial charge in [-0.15, -0.1) is 5.10 Å². The quantitative estimate of drug-likeness (QED) is 0.689. The van der Waals surface area contributed by atoms with Crippen LogP contribution in [0.5, 0.6) is 0 Å². The van der Waals surface area contributed by atoms with Gasteiger partial charge in [-0.1, -0.05) is 35.4 Å². The van der Waals surface area contributed by atoms with E-state index in [1.807, 2.05) is 37.3 Å². The molecular formula is C17H17N7O2. The molecule has 2 N–H and O–H groups in total. The summed E-state index contributed by atoms with van der Waals surface area (Å²) in [5.74, 6) is -0.647. The van der Waals surface area contributed by atoms with E-state index < -0.39 is 5.91 Å². The van der Waals surface area contributed by atoms with Crippen LogP contribution in [0, 0.1) is 0 Å². The highest BCUT2D eigenvalue weighted by atomic mass is 16.2. The highest BCUT2D eigenvalue weighted by Gasteiger charge is 2.13. The normalized spacial score (nSPS) is 11.6. The summed E-state index contributed by atoms with van der Waals surface area (Å²) in [4.78, 5) is 29.1. The number of anilines is 1. The van der Waals surface area contributed by atoms with Gasteiger partial charge in [-0.3, -0.25) is 19.9 Å². The first-order valence-electron chi connectivity index (χ1n) is 7.95. The SMILES string of the molecule is CC(NC(=O)Cn1nnc(NC(=O)c2cccnc2)n1)c1ccccc1. The minimum atomic E-state index is -0.403. The zero-order valence-electron chi connectivity index (χ0n) is 14.0. The summed E-state index contributed by atoms with van der Waals surface area (Å²) >= 11 is 0. The van der Waals surface area contributed by atoms with Crippen molar-refractivity contribution in [2.24, 2.45) is 0 Å². The van der Waals surface area contributed by atoms with Crippen molar-refractivity contribution in [3.8, 4) is 0 Å². The number of carbonyl (C=O) groups excluding carboxylic acids is 2. The number of hydrogen-bond acceptors (Lipinski definition) is 6. The molecular weight excluding hydrogens is 334 g/mol. The van der Waals surface area contributed by atoms with Crippen LogP contribution in [0.2, 0.25) is 0 Å². The highest BCUT2D eigenvalue weighted by molar-refractivity contribution is 6.02. The van der Waals surface area contributed by atoms with Gasteiger partial charge in [0.2, 0.25) is 5.91 Å². The molecule has 0 spiro atoms. The molecule has 9 nitrogen and oxygen atoms in total. The van der Waals surface area contributed by atoms with E-state index in [0.29, 0.717) is 5.56 Å². The summed E-state index contributed by atoms with van der Waals surface area (Å²) in [7, 11) is 0. The number of hydrogen-bond donors (Lipinski definition) is 2. The van der Waals surface area contributed by atoms with Crippen molar-refractivity contribution in [2.45, 2.75) is 19.5 Å². The Morgan fingerprint density at radius 2 is 1.96 bits per heavy atom. The number of rotatable bonds is 6. The second kappa shape index (κ2) is 7.97. The van der Waals surface area contributed by atoms with Crippen LogP contribution in [-0.4, -0.2) is 37.0 Å². The largest absolute Gasteiger partial charge is 0.348 e. The van der Waals surface area contributed by atoms with Crippen LogP contribution in [0.4, 0.5) is 5.95 Å². The second-order valence-corrected chi connectivity index (χ2v) is 5.54. The monoisotopic (exact) mass is 351 g/mol. The Morgan fingerprint density at radius 3 is 2.69 bits per heavy atom. The molecule has 26 heavy (non-hydrogen) atoms. The predicted molar refractivity (Wildman–Crippen MR) is 93.0 cm³/mol. The molecule has 0 aliphatic heterocycles. The minimum Gasteiger partial charge on any atom is -0.348 e. The maximum Gasteiger partial charge on any atom is 0.270 e. The summed E-state index contributed by atoms with van der Waals surface area (Å²) in [6.45, 7) is 1.79. The lowest BCUT2D eigenvalue weighted by Gasteiger charge is -2.13. The van der Waals surface area contributed by atoms with Crippen LogP contribution in [0.15, 0.2) is 54.9 Å². The van der Waals surface area contributed by atoms with E-state index in [9.17, 15) is 9.59 Å². The summed E-state index contributed by atoms with van der Waals surface area (Å²) in [6.07, 6.45) is 3.00. The smallest absolute Gasteiger partial charge is 0.270 e. The minimum absolute atomic E-state index is 0.0164. The van der Waals surface area contributed by atoms with Crippen LogP contribution in [0.25, 0.3) is 0 Å². The van der Waals surface area contributed by atoms with Gasteiger partial charge >= 0.3 is 0 Å². The second-order valence-electron chi connectivity index (χ2n) is 5.54. The number of carbonyl (C=O) groups is 2. The van der Waals surface area contributed by atoms with Crippen LogP contribution < -0.4 is 10.6 Å². The third kappa shape index (κ3) is 4.47. The first kappa shape index (κ1) is 17.2. The maximum atomic E-state index is 12.1. The van der Waals surface area contributed by atoms with Gasteiger partial charge in [-0.2, -0.15) is 4.80 Å². The molecule has 0 aliphatic rings. The number of nitrogens with zero attached hydrogens (tertiary/aromatic N) is 5. The third-order valence-corrected chi connectivity index (χ3v) is 3.56. The zero-order chi connectivity index (χ0) is 18.4. The average Bonchev–Trinajstić information content (AvgIpc) is 3.09. The molecule has 9 heteroatoms. The number of tetrazole rings is 1. The van der Waals surface area contributed by atoms with Crippen molar-refractivity contribution < 1.29 is 9.59 Å². The Balaban J connectivity index is 1.55. The molecule has 0 fully saturated rings. The number of aromatic nitrogens is 5. The van der Waals surface area contributed by atoms with Crippen molar-refractivity contribution in [1.29, 1.82) is 0 Å². The molecule has 1 unspecified atom stereocenters. The number of pyridine rings is 1. The Labute approximate surface area is 149 Å². The Kier molecular flexibility index (Phi) is 5.28.